The fraction of sp³-hybridized carbons (Fsp3) is 0.158. The van der Waals surface area contributed by atoms with Gasteiger partial charge in [0.05, 0.1) is 26.3 Å². The lowest BCUT2D eigenvalue weighted by molar-refractivity contribution is -0.115. The third-order valence-corrected chi connectivity index (χ3v) is 4.59. The normalized spacial score (nSPS) is 10.4. The minimum atomic E-state index is -0.345. The number of carbonyl (C=O) groups is 1. The highest BCUT2D eigenvalue weighted by atomic mass is 32.1. The van der Waals surface area contributed by atoms with Gasteiger partial charge in [0.1, 0.15) is 10.8 Å². The standard InChI is InChI=1S/C19H17FN2O3S/c1-24-16-8-3-12(9-17(16)25-2)19-22-15(11-26-19)10-18(23)21-14-6-4-13(20)5-7-14/h3-9,11H,10H2,1-2H3,(H,21,23). The summed E-state index contributed by atoms with van der Waals surface area (Å²) in [4.78, 5) is 16.6. The molecule has 3 rings (SSSR count). The number of nitrogens with zero attached hydrogens (tertiary/aromatic N) is 1. The van der Waals surface area contributed by atoms with Crippen LogP contribution in [0.1, 0.15) is 5.69 Å². The lowest BCUT2D eigenvalue weighted by Crippen LogP contribution is -2.14. The molecule has 5 nitrogen and oxygen atoms in total. The molecule has 1 amide bonds. The van der Waals surface area contributed by atoms with Gasteiger partial charge in [-0.25, -0.2) is 9.37 Å². The van der Waals surface area contributed by atoms with Crippen LogP contribution in [0.5, 0.6) is 11.5 Å². The highest BCUT2D eigenvalue weighted by Crippen LogP contribution is 2.33. The van der Waals surface area contributed by atoms with E-state index >= 15 is 0 Å². The van der Waals surface area contributed by atoms with Gasteiger partial charge in [-0.05, 0) is 42.5 Å². The quantitative estimate of drug-likeness (QED) is 0.706. The number of aromatic nitrogens is 1. The van der Waals surface area contributed by atoms with Gasteiger partial charge in [0, 0.05) is 16.6 Å². The number of halogens is 1. The van der Waals surface area contributed by atoms with Gasteiger partial charge >= 0.3 is 0 Å². The Bertz CT molecular complexity index is 909. The minimum Gasteiger partial charge on any atom is -0.493 e. The Balaban J connectivity index is 1.69. The zero-order chi connectivity index (χ0) is 18.5. The van der Waals surface area contributed by atoms with Crippen molar-refractivity contribution in [3.8, 4) is 22.1 Å². The third kappa shape index (κ3) is 4.18. The SMILES string of the molecule is COc1ccc(-c2nc(CC(=O)Nc3ccc(F)cc3)cs2)cc1OC. The number of thiazole rings is 1. The van der Waals surface area contributed by atoms with Gasteiger partial charge in [-0.1, -0.05) is 0 Å². The average Bonchev–Trinajstić information content (AvgIpc) is 3.11. The van der Waals surface area contributed by atoms with Gasteiger partial charge < -0.3 is 14.8 Å². The molecule has 1 heterocycles. The van der Waals surface area contributed by atoms with Crippen LogP contribution in [0.2, 0.25) is 0 Å². The van der Waals surface area contributed by atoms with E-state index in [1.54, 1.807) is 14.2 Å². The maximum atomic E-state index is 12.9. The molecule has 0 unspecified atom stereocenters. The van der Waals surface area contributed by atoms with Gasteiger partial charge in [-0.2, -0.15) is 0 Å². The van der Waals surface area contributed by atoms with Crippen LogP contribution in [-0.4, -0.2) is 25.1 Å². The Morgan fingerprint density at radius 3 is 2.54 bits per heavy atom. The summed E-state index contributed by atoms with van der Waals surface area (Å²) in [5.74, 6) is 0.713. The van der Waals surface area contributed by atoms with Crippen LogP contribution in [0.4, 0.5) is 10.1 Å². The van der Waals surface area contributed by atoms with E-state index in [-0.39, 0.29) is 18.1 Å². The Kier molecular flexibility index (Phi) is 5.48. The summed E-state index contributed by atoms with van der Waals surface area (Å²) in [7, 11) is 3.16. The van der Waals surface area contributed by atoms with Crippen molar-refractivity contribution in [1.29, 1.82) is 0 Å². The van der Waals surface area contributed by atoms with Gasteiger partial charge in [-0.15, -0.1) is 11.3 Å². The van der Waals surface area contributed by atoms with E-state index in [2.05, 4.69) is 10.3 Å². The van der Waals surface area contributed by atoms with Crippen LogP contribution < -0.4 is 14.8 Å². The van der Waals surface area contributed by atoms with Crippen molar-refractivity contribution in [3.05, 3.63) is 59.4 Å². The molecule has 1 N–H and O–H groups in total. The molecule has 0 radical (unpaired) electrons. The minimum absolute atomic E-state index is 0.140. The first-order valence-electron chi connectivity index (χ1n) is 7.81. The van der Waals surface area contributed by atoms with E-state index < -0.39 is 0 Å². The van der Waals surface area contributed by atoms with Crippen molar-refractivity contribution in [3.63, 3.8) is 0 Å². The largest absolute Gasteiger partial charge is 0.493 e. The summed E-state index contributed by atoms with van der Waals surface area (Å²) in [6.45, 7) is 0. The molecule has 0 saturated heterocycles. The number of hydrogen-bond donors (Lipinski definition) is 1. The maximum Gasteiger partial charge on any atom is 0.230 e. The summed E-state index contributed by atoms with van der Waals surface area (Å²) >= 11 is 1.45. The van der Waals surface area contributed by atoms with Gasteiger partial charge in [0.25, 0.3) is 0 Å². The third-order valence-electron chi connectivity index (χ3n) is 3.65. The number of anilines is 1. The zero-order valence-electron chi connectivity index (χ0n) is 14.3. The maximum absolute atomic E-state index is 12.9. The van der Waals surface area contributed by atoms with Crippen LogP contribution in [0, 0.1) is 5.82 Å². The van der Waals surface area contributed by atoms with Crippen molar-refractivity contribution < 1.29 is 18.7 Å². The number of nitrogens with one attached hydrogen (secondary N) is 1. The molecule has 0 bridgehead atoms. The van der Waals surface area contributed by atoms with E-state index in [9.17, 15) is 9.18 Å². The topological polar surface area (TPSA) is 60.5 Å². The van der Waals surface area contributed by atoms with E-state index in [1.165, 1.54) is 35.6 Å². The molecule has 0 atom stereocenters. The number of hydrogen-bond acceptors (Lipinski definition) is 5. The summed E-state index contributed by atoms with van der Waals surface area (Å²) in [6, 6.07) is 11.2. The van der Waals surface area contributed by atoms with Crippen LogP contribution in [0.25, 0.3) is 10.6 Å². The molecule has 7 heteroatoms. The zero-order valence-corrected chi connectivity index (χ0v) is 15.1. The molecule has 0 aliphatic carbocycles. The predicted molar refractivity (Wildman–Crippen MR) is 99.4 cm³/mol. The Hall–Kier alpha value is -2.93. The number of ether oxygens (including phenoxy) is 2. The van der Waals surface area contributed by atoms with Gasteiger partial charge in [0.2, 0.25) is 5.91 Å². The Morgan fingerprint density at radius 1 is 1.12 bits per heavy atom. The van der Waals surface area contributed by atoms with Crippen LogP contribution in [0.15, 0.2) is 47.8 Å². The molecule has 26 heavy (non-hydrogen) atoms. The lowest BCUT2D eigenvalue weighted by atomic mass is 10.2. The fourth-order valence-electron chi connectivity index (χ4n) is 2.39. The van der Waals surface area contributed by atoms with Crippen molar-refractivity contribution >= 4 is 22.9 Å². The van der Waals surface area contributed by atoms with Crippen LogP contribution in [-0.2, 0) is 11.2 Å². The van der Waals surface area contributed by atoms with Crippen molar-refractivity contribution in [2.75, 3.05) is 19.5 Å². The second kappa shape index (κ2) is 7.97. The highest BCUT2D eigenvalue weighted by molar-refractivity contribution is 7.13. The highest BCUT2D eigenvalue weighted by Gasteiger charge is 2.12. The Morgan fingerprint density at radius 2 is 1.85 bits per heavy atom. The fourth-order valence-corrected chi connectivity index (χ4v) is 3.21. The number of rotatable bonds is 6. The molecule has 0 aliphatic heterocycles. The molecule has 3 aromatic rings. The molecule has 0 aliphatic rings. The Labute approximate surface area is 154 Å². The van der Waals surface area contributed by atoms with E-state index in [0.29, 0.717) is 22.9 Å². The average molecular weight is 372 g/mol. The first-order chi connectivity index (χ1) is 12.6. The second-order valence-corrected chi connectivity index (χ2v) is 6.30. The number of amides is 1. The van der Waals surface area contributed by atoms with Gasteiger partial charge in [0.15, 0.2) is 11.5 Å². The first-order valence-corrected chi connectivity index (χ1v) is 8.69. The summed E-state index contributed by atoms with van der Waals surface area (Å²) < 4.78 is 23.4. The predicted octanol–water partition coefficient (Wildman–Crippen LogP) is 4.15. The molecule has 0 saturated carbocycles. The van der Waals surface area contributed by atoms with Crippen LogP contribution in [0.3, 0.4) is 0 Å². The molecular formula is C19H17FN2O3S. The second-order valence-electron chi connectivity index (χ2n) is 5.45. The molecule has 134 valence electrons. The summed E-state index contributed by atoms with van der Waals surface area (Å²) in [6.07, 6.45) is 0.140. The number of benzene rings is 2. The molecular weight excluding hydrogens is 355 g/mol. The summed E-state index contributed by atoms with van der Waals surface area (Å²) in [5, 5.41) is 5.35. The van der Waals surface area contributed by atoms with E-state index in [1.807, 2.05) is 23.6 Å². The van der Waals surface area contributed by atoms with Crippen molar-refractivity contribution in [1.82, 2.24) is 4.98 Å². The van der Waals surface area contributed by atoms with Gasteiger partial charge in [-0.3, -0.25) is 4.79 Å². The molecule has 0 spiro atoms. The molecule has 0 fully saturated rings. The van der Waals surface area contributed by atoms with Crippen molar-refractivity contribution in [2.24, 2.45) is 0 Å². The van der Waals surface area contributed by atoms with Crippen LogP contribution >= 0.6 is 11.3 Å². The monoisotopic (exact) mass is 372 g/mol. The first kappa shape index (κ1) is 17.9. The smallest absolute Gasteiger partial charge is 0.230 e. The van der Waals surface area contributed by atoms with E-state index in [4.69, 9.17) is 9.47 Å². The lowest BCUT2D eigenvalue weighted by Gasteiger charge is -2.08. The number of methoxy groups -OCH3 is 2. The molecule has 2 aromatic carbocycles. The van der Waals surface area contributed by atoms with E-state index in [0.717, 1.165) is 10.6 Å². The molecule has 1 aromatic heterocycles. The van der Waals surface area contributed by atoms with Crippen molar-refractivity contribution in [2.45, 2.75) is 6.42 Å². The number of carbonyl (C=O) groups excluding carboxylic acids is 1. The summed E-state index contributed by atoms with van der Waals surface area (Å²) in [5.41, 5.74) is 2.10.